The van der Waals surface area contributed by atoms with Crippen molar-refractivity contribution in [2.45, 2.75) is 19.4 Å². The molecule has 102 valence electrons. The Balaban J connectivity index is 2.24. The predicted octanol–water partition coefficient (Wildman–Crippen LogP) is 3.77. The number of methoxy groups -OCH3 is 1. The first-order chi connectivity index (χ1) is 9.26. The Hall–Kier alpha value is -1.38. The van der Waals surface area contributed by atoms with E-state index in [1.807, 2.05) is 7.05 Å². The van der Waals surface area contributed by atoms with Gasteiger partial charge in [-0.1, -0.05) is 43.3 Å². The van der Waals surface area contributed by atoms with Crippen LogP contribution in [-0.2, 0) is 4.74 Å². The van der Waals surface area contributed by atoms with Crippen LogP contribution in [0, 0.1) is 5.92 Å². The number of ether oxygens (including phenoxy) is 1. The van der Waals surface area contributed by atoms with E-state index in [4.69, 9.17) is 4.74 Å². The van der Waals surface area contributed by atoms with Crippen LogP contribution in [0.4, 0.5) is 0 Å². The standard InChI is InChI=1S/C17H23NO/c1-13(10-11-19-3)17(18-2)16-9-8-14-6-4-5-7-15(14)12-16/h4-9,12-13,17-18H,10-11H2,1-3H3. The molecule has 0 saturated carbocycles. The third-order valence-corrected chi connectivity index (χ3v) is 3.79. The molecule has 2 unspecified atom stereocenters. The lowest BCUT2D eigenvalue weighted by molar-refractivity contribution is 0.171. The van der Waals surface area contributed by atoms with Gasteiger partial charge in [-0.05, 0) is 41.8 Å². The molecule has 0 spiro atoms. The van der Waals surface area contributed by atoms with E-state index >= 15 is 0 Å². The zero-order valence-corrected chi connectivity index (χ0v) is 12.0. The second kappa shape index (κ2) is 6.69. The minimum Gasteiger partial charge on any atom is -0.385 e. The summed E-state index contributed by atoms with van der Waals surface area (Å²) < 4.78 is 5.19. The molecular formula is C17H23NO. The van der Waals surface area contributed by atoms with Crippen LogP contribution in [0.5, 0.6) is 0 Å². The van der Waals surface area contributed by atoms with Gasteiger partial charge in [-0.15, -0.1) is 0 Å². The monoisotopic (exact) mass is 257 g/mol. The summed E-state index contributed by atoms with van der Waals surface area (Å²) in [5, 5.41) is 6.04. The molecule has 2 nitrogen and oxygen atoms in total. The maximum atomic E-state index is 5.19. The molecule has 0 aliphatic heterocycles. The van der Waals surface area contributed by atoms with Crippen molar-refractivity contribution in [3.8, 4) is 0 Å². The van der Waals surface area contributed by atoms with Gasteiger partial charge >= 0.3 is 0 Å². The second-order valence-corrected chi connectivity index (χ2v) is 5.13. The summed E-state index contributed by atoms with van der Waals surface area (Å²) in [6, 6.07) is 15.6. The molecule has 0 heterocycles. The number of hydrogen-bond acceptors (Lipinski definition) is 2. The Kier molecular flexibility index (Phi) is 4.94. The van der Waals surface area contributed by atoms with Crippen molar-refractivity contribution in [3.05, 3.63) is 48.0 Å². The third-order valence-electron chi connectivity index (χ3n) is 3.79. The number of rotatable bonds is 6. The zero-order chi connectivity index (χ0) is 13.7. The number of hydrogen-bond donors (Lipinski definition) is 1. The van der Waals surface area contributed by atoms with E-state index in [-0.39, 0.29) is 0 Å². The molecule has 2 aromatic carbocycles. The van der Waals surface area contributed by atoms with Crippen molar-refractivity contribution < 1.29 is 4.74 Å². The van der Waals surface area contributed by atoms with Gasteiger partial charge in [-0.3, -0.25) is 0 Å². The van der Waals surface area contributed by atoms with Crippen LogP contribution in [-0.4, -0.2) is 20.8 Å². The van der Waals surface area contributed by atoms with E-state index in [0.717, 1.165) is 13.0 Å². The van der Waals surface area contributed by atoms with Gasteiger partial charge in [0.05, 0.1) is 0 Å². The van der Waals surface area contributed by atoms with E-state index in [9.17, 15) is 0 Å². The molecular weight excluding hydrogens is 234 g/mol. The summed E-state index contributed by atoms with van der Waals surface area (Å²) >= 11 is 0. The number of benzene rings is 2. The van der Waals surface area contributed by atoms with Crippen molar-refractivity contribution >= 4 is 10.8 Å². The second-order valence-electron chi connectivity index (χ2n) is 5.13. The fraction of sp³-hybridized carbons (Fsp3) is 0.412. The number of fused-ring (bicyclic) bond motifs is 1. The highest BCUT2D eigenvalue weighted by molar-refractivity contribution is 5.83. The van der Waals surface area contributed by atoms with Crippen molar-refractivity contribution in [3.63, 3.8) is 0 Å². The van der Waals surface area contributed by atoms with Crippen LogP contribution in [0.2, 0.25) is 0 Å². The molecule has 0 bridgehead atoms. The Bertz CT molecular complexity index is 523. The molecule has 0 aliphatic rings. The molecule has 2 heteroatoms. The van der Waals surface area contributed by atoms with Crippen molar-refractivity contribution in [1.82, 2.24) is 5.32 Å². The van der Waals surface area contributed by atoms with Gasteiger partial charge in [0.1, 0.15) is 0 Å². The minimum atomic E-state index is 0.375. The molecule has 2 atom stereocenters. The van der Waals surface area contributed by atoms with E-state index in [1.54, 1.807) is 7.11 Å². The Morgan fingerprint density at radius 1 is 1.11 bits per heavy atom. The summed E-state index contributed by atoms with van der Waals surface area (Å²) in [6.45, 7) is 3.09. The minimum absolute atomic E-state index is 0.375. The Labute approximate surface area is 115 Å². The van der Waals surface area contributed by atoms with Gasteiger partial charge in [-0.25, -0.2) is 0 Å². The largest absolute Gasteiger partial charge is 0.385 e. The van der Waals surface area contributed by atoms with Crippen LogP contribution in [0.25, 0.3) is 10.8 Å². The quantitative estimate of drug-likeness (QED) is 0.850. The molecule has 2 rings (SSSR count). The van der Waals surface area contributed by atoms with Crippen LogP contribution in [0.3, 0.4) is 0 Å². The average molecular weight is 257 g/mol. The van der Waals surface area contributed by atoms with Crippen LogP contribution in [0.15, 0.2) is 42.5 Å². The molecule has 0 fully saturated rings. The van der Waals surface area contributed by atoms with E-state index in [2.05, 4.69) is 54.7 Å². The van der Waals surface area contributed by atoms with Gasteiger partial charge in [0, 0.05) is 19.8 Å². The first-order valence-electron chi connectivity index (χ1n) is 6.91. The number of nitrogens with one attached hydrogen (secondary N) is 1. The molecule has 2 aromatic rings. The zero-order valence-electron chi connectivity index (χ0n) is 12.0. The topological polar surface area (TPSA) is 21.3 Å². The van der Waals surface area contributed by atoms with Gasteiger partial charge in [0.2, 0.25) is 0 Å². The van der Waals surface area contributed by atoms with Crippen LogP contribution >= 0.6 is 0 Å². The third kappa shape index (κ3) is 3.34. The summed E-state index contributed by atoms with van der Waals surface area (Å²) in [4.78, 5) is 0. The molecule has 19 heavy (non-hydrogen) atoms. The lowest BCUT2D eigenvalue weighted by atomic mass is 9.91. The highest BCUT2D eigenvalue weighted by Gasteiger charge is 2.17. The van der Waals surface area contributed by atoms with Gasteiger partial charge in [0.25, 0.3) is 0 Å². The van der Waals surface area contributed by atoms with Crippen LogP contribution in [0.1, 0.15) is 24.9 Å². The lowest BCUT2D eigenvalue weighted by Gasteiger charge is -2.24. The lowest BCUT2D eigenvalue weighted by Crippen LogP contribution is -2.24. The maximum absolute atomic E-state index is 5.19. The highest BCUT2D eigenvalue weighted by atomic mass is 16.5. The van der Waals surface area contributed by atoms with Gasteiger partial charge in [-0.2, -0.15) is 0 Å². The fourth-order valence-electron chi connectivity index (χ4n) is 2.65. The predicted molar refractivity (Wildman–Crippen MR) is 81.4 cm³/mol. The normalized spacial score (nSPS) is 14.5. The van der Waals surface area contributed by atoms with E-state index in [1.165, 1.54) is 16.3 Å². The summed E-state index contributed by atoms with van der Waals surface area (Å²) in [6.07, 6.45) is 1.06. The smallest absolute Gasteiger partial charge is 0.0465 e. The van der Waals surface area contributed by atoms with Gasteiger partial charge in [0.15, 0.2) is 0 Å². The highest BCUT2D eigenvalue weighted by Crippen LogP contribution is 2.27. The fourth-order valence-corrected chi connectivity index (χ4v) is 2.65. The van der Waals surface area contributed by atoms with E-state index in [0.29, 0.717) is 12.0 Å². The molecule has 0 aliphatic carbocycles. The van der Waals surface area contributed by atoms with Crippen LogP contribution < -0.4 is 5.32 Å². The van der Waals surface area contributed by atoms with Crippen molar-refractivity contribution in [2.75, 3.05) is 20.8 Å². The Morgan fingerprint density at radius 2 is 1.84 bits per heavy atom. The van der Waals surface area contributed by atoms with Crippen molar-refractivity contribution in [2.24, 2.45) is 5.92 Å². The SMILES string of the molecule is CNC(c1ccc2ccccc2c1)C(C)CCOC. The first-order valence-corrected chi connectivity index (χ1v) is 6.91. The molecule has 1 N–H and O–H groups in total. The molecule has 0 aromatic heterocycles. The molecule has 0 radical (unpaired) electrons. The maximum Gasteiger partial charge on any atom is 0.0465 e. The molecule has 0 saturated heterocycles. The van der Waals surface area contributed by atoms with Gasteiger partial charge < -0.3 is 10.1 Å². The first kappa shape index (κ1) is 14.0. The summed E-state index contributed by atoms with van der Waals surface area (Å²) in [5.41, 5.74) is 1.35. The van der Waals surface area contributed by atoms with E-state index < -0.39 is 0 Å². The summed E-state index contributed by atoms with van der Waals surface area (Å²) in [7, 11) is 3.79. The van der Waals surface area contributed by atoms with Crippen molar-refractivity contribution in [1.29, 1.82) is 0 Å². The summed E-state index contributed by atoms with van der Waals surface area (Å²) in [5.74, 6) is 0.547. The Morgan fingerprint density at radius 3 is 2.53 bits per heavy atom. The average Bonchev–Trinajstić information content (AvgIpc) is 2.45. The molecule has 0 amide bonds.